The SMILES string of the molecule is C/C=C/C[C@H](C)[C@H](O)[C@@H]1C(=O)N[C@H]([C@H](C)O)C(=O)N(C)CC(=O)N(C)[C@H](CC(C)C)C(=O)N[C@H](C(C)C)C(=O)N(C)[C@H](CC(C)C)C(=O)N[C@H](C)C(=O)N[C@@H](C)C(=O)N(C)[C@H](CC(C)C)C(=O)N(C)[C@H](CC(C)C)C(=O)N(C)[C@H](C(C)C)C(=O)N1C. The summed E-state index contributed by atoms with van der Waals surface area (Å²) in [5.74, 6) is -10.7. The summed E-state index contributed by atoms with van der Waals surface area (Å²) in [5.41, 5.74) is 0. The number of allylic oxidation sites excluding steroid dienone is 2. The van der Waals surface area contributed by atoms with Crippen LogP contribution in [0.4, 0.5) is 0 Å². The van der Waals surface area contributed by atoms with E-state index < -0.39 is 162 Å². The highest BCUT2D eigenvalue weighted by molar-refractivity contribution is 5.99. The van der Waals surface area contributed by atoms with Crippen molar-refractivity contribution >= 4 is 65.0 Å². The molecule has 1 rings (SSSR count). The number of aliphatic hydroxyl groups excluding tert-OH is 2. The first-order valence-corrected chi connectivity index (χ1v) is 30.6. The largest absolute Gasteiger partial charge is 0.391 e. The molecule has 24 nitrogen and oxygen atoms in total. The number of carbonyl (C=O) groups excluding carboxylic acids is 11. The van der Waals surface area contributed by atoms with Crippen LogP contribution in [-0.2, 0) is 52.7 Å². The van der Waals surface area contributed by atoms with Crippen LogP contribution in [0.3, 0.4) is 0 Å². The van der Waals surface area contributed by atoms with Gasteiger partial charge >= 0.3 is 0 Å². The fraction of sp³-hybridized carbons (Fsp3) is 0.790. The number of carbonyl (C=O) groups is 11. The monoisotopic (exact) mass is 1220 g/mol. The molecule has 1 fully saturated rings. The third kappa shape index (κ3) is 21.6. The van der Waals surface area contributed by atoms with E-state index in [4.69, 9.17) is 0 Å². The number of hydrogen-bond acceptors (Lipinski definition) is 13. The molecule has 1 heterocycles. The van der Waals surface area contributed by atoms with Crippen molar-refractivity contribution < 1.29 is 63.0 Å². The molecule has 492 valence electrons. The Morgan fingerprint density at radius 3 is 1.27 bits per heavy atom. The second kappa shape index (κ2) is 35.0. The van der Waals surface area contributed by atoms with Crippen LogP contribution in [0.15, 0.2) is 12.2 Å². The summed E-state index contributed by atoms with van der Waals surface area (Å²) < 4.78 is 0. The number of aliphatic hydroxyl groups is 2. The van der Waals surface area contributed by atoms with Crippen LogP contribution < -0.4 is 21.3 Å². The third-order valence-corrected chi connectivity index (χ3v) is 16.1. The zero-order valence-electron chi connectivity index (χ0n) is 56.4. The van der Waals surface area contributed by atoms with E-state index in [1.807, 2.05) is 55.4 Å². The maximum absolute atomic E-state index is 15.1. The van der Waals surface area contributed by atoms with E-state index in [2.05, 4.69) is 21.3 Å². The van der Waals surface area contributed by atoms with E-state index in [-0.39, 0.29) is 55.8 Å². The van der Waals surface area contributed by atoms with Crippen molar-refractivity contribution in [3.8, 4) is 0 Å². The van der Waals surface area contributed by atoms with Crippen LogP contribution in [0.1, 0.15) is 150 Å². The average Bonchev–Trinajstić information content (AvgIpc) is 2.16. The molecule has 24 heteroatoms. The molecule has 1 aliphatic heterocycles. The molecule has 1 aliphatic rings. The van der Waals surface area contributed by atoms with Crippen LogP contribution in [0.2, 0.25) is 0 Å². The second-order valence-corrected chi connectivity index (χ2v) is 26.4. The predicted octanol–water partition coefficient (Wildman–Crippen LogP) is 2.24. The molecule has 0 aromatic heterocycles. The predicted molar refractivity (Wildman–Crippen MR) is 330 cm³/mol. The molecule has 0 spiro atoms. The van der Waals surface area contributed by atoms with Crippen molar-refractivity contribution in [3.63, 3.8) is 0 Å². The Morgan fingerprint density at radius 2 is 0.826 bits per heavy atom. The zero-order valence-corrected chi connectivity index (χ0v) is 56.4. The highest BCUT2D eigenvalue weighted by atomic mass is 16.3. The summed E-state index contributed by atoms with van der Waals surface area (Å²) in [6.45, 7) is 28.5. The number of amides is 11. The lowest BCUT2D eigenvalue weighted by Gasteiger charge is -2.41. The first kappa shape index (κ1) is 77.8. The summed E-state index contributed by atoms with van der Waals surface area (Å²) in [7, 11) is 9.62. The molecular formula is C62H111N11O13. The Balaban J connectivity index is 4.37. The fourth-order valence-corrected chi connectivity index (χ4v) is 10.7. The first-order valence-electron chi connectivity index (χ1n) is 30.6. The number of nitrogens with zero attached hydrogens (tertiary/aromatic N) is 7. The smallest absolute Gasteiger partial charge is 0.248 e. The molecule has 1 saturated heterocycles. The van der Waals surface area contributed by atoms with E-state index in [1.165, 1.54) is 89.7 Å². The molecule has 0 saturated carbocycles. The molecular weight excluding hydrogens is 1110 g/mol. The zero-order chi connectivity index (χ0) is 66.8. The van der Waals surface area contributed by atoms with Crippen LogP contribution in [0.5, 0.6) is 0 Å². The maximum Gasteiger partial charge on any atom is 0.248 e. The highest BCUT2D eigenvalue weighted by Gasteiger charge is 2.46. The summed E-state index contributed by atoms with van der Waals surface area (Å²) in [6, 6.07) is -13.2. The van der Waals surface area contributed by atoms with E-state index in [1.54, 1.807) is 53.7 Å². The Morgan fingerprint density at radius 1 is 0.430 bits per heavy atom. The number of rotatable bonds is 15. The summed E-state index contributed by atoms with van der Waals surface area (Å²) in [4.78, 5) is 168. The highest BCUT2D eigenvalue weighted by Crippen LogP contribution is 2.26. The van der Waals surface area contributed by atoms with Gasteiger partial charge in [0.05, 0.1) is 18.8 Å². The molecule has 0 aromatic rings. The molecule has 6 N–H and O–H groups in total. The van der Waals surface area contributed by atoms with E-state index in [0.29, 0.717) is 0 Å². The van der Waals surface area contributed by atoms with Gasteiger partial charge in [-0.05, 0) is 101 Å². The van der Waals surface area contributed by atoms with Crippen molar-refractivity contribution in [2.24, 2.45) is 41.4 Å². The third-order valence-electron chi connectivity index (χ3n) is 16.1. The Labute approximate surface area is 513 Å². The van der Waals surface area contributed by atoms with Gasteiger partial charge < -0.3 is 65.8 Å². The van der Waals surface area contributed by atoms with Crippen molar-refractivity contribution in [2.75, 3.05) is 55.9 Å². The summed E-state index contributed by atoms with van der Waals surface area (Å²) in [6.07, 6.45) is 1.10. The summed E-state index contributed by atoms with van der Waals surface area (Å²) >= 11 is 0. The minimum Gasteiger partial charge on any atom is -0.391 e. The first-order chi connectivity index (χ1) is 39.6. The van der Waals surface area contributed by atoms with Crippen LogP contribution in [-0.4, -0.2) is 238 Å². The fourth-order valence-electron chi connectivity index (χ4n) is 10.7. The minimum atomic E-state index is -1.74. The number of nitrogens with one attached hydrogen (secondary N) is 4. The van der Waals surface area contributed by atoms with Crippen molar-refractivity contribution in [3.05, 3.63) is 12.2 Å². The van der Waals surface area contributed by atoms with Gasteiger partial charge in [-0.1, -0.05) is 102 Å². The summed E-state index contributed by atoms with van der Waals surface area (Å²) in [5, 5.41) is 34.0. The standard InChI is InChI=1S/C62H111N11O13/c1-25-26-27-39(14)52(76)51-56(80)66-49(42(17)74)60(84)67(18)32-47(75)68(19)43(28-33(2)3)55(79)65-48(37(10)11)61(85)69(20)44(29-34(4)5)54(78)63-40(15)53(77)64-41(16)57(81)70(21)45(30-35(6)7)58(82)71(22)46(31-36(8)9)59(83)72(23)50(38(12)13)62(86)73(51)24/h25-26,33-46,48-52,74,76H,27-32H2,1-24H3,(H,63,78)(H,64,77)(H,65,79)(H,66,80)/b26-25+/t39-,40+,41-,42-,43+,44+,45+,46+,48+,49+,50+,51+,52-/m0/s1. The number of likely N-dealkylation sites (N-methyl/N-ethyl adjacent to an activating group) is 7. The van der Waals surface area contributed by atoms with Gasteiger partial charge in [0.25, 0.3) is 0 Å². The van der Waals surface area contributed by atoms with Crippen LogP contribution in [0, 0.1) is 41.4 Å². The van der Waals surface area contributed by atoms with Crippen molar-refractivity contribution in [1.82, 2.24) is 55.6 Å². The lowest BCUT2D eigenvalue weighted by molar-refractivity contribution is -0.157. The van der Waals surface area contributed by atoms with Gasteiger partial charge in [-0.25, -0.2) is 0 Å². The molecule has 0 aromatic carbocycles. The molecule has 0 aliphatic carbocycles. The van der Waals surface area contributed by atoms with E-state index >= 15 is 9.59 Å². The van der Waals surface area contributed by atoms with Crippen LogP contribution >= 0.6 is 0 Å². The quantitative estimate of drug-likeness (QED) is 0.129. The maximum atomic E-state index is 15.1. The van der Waals surface area contributed by atoms with E-state index in [0.717, 1.165) is 14.7 Å². The molecule has 0 unspecified atom stereocenters. The van der Waals surface area contributed by atoms with Gasteiger partial charge in [-0.15, -0.1) is 0 Å². The van der Waals surface area contributed by atoms with Gasteiger partial charge in [0.15, 0.2) is 0 Å². The molecule has 13 atom stereocenters. The van der Waals surface area contributed by atoms with Crippen molar-refractivity contribution in [1.29, 1.82) is 0 Å². The average molecular weight is 1220 g/mol. The molecule has 86 heavy (non-hydrogen) atoms. The van der Waals surface area contributed by atoms with Gasteiger partial charge in [0.1, 0.15) is 60.4 Å². The topological polar surface area (TPSA) is 299 Å². The Bertz CT molecular complexity index is 2360. The lowest BCUT2D eigenvalue weighted by Crippen LogP contribution is -2.64. The van der Waals surface area contributed by atoms with Gasteiger partial charge in [0.2, 0.25) is 65.0 Å². The Kier molecular flexibility index (Phi) is 31.7. The van der Waals surface area contributed by atoms with Gasteiger partial charge in [-0.2, -0.15) is 0 Å². The Hall–Kier alpha value is -6.17. The van der Waals surface area contributed by atoms with Gasteiger partial charge in [0, 0.05) is 49.3 Å². The lowest BCUT2D eigenvalue weighted by atomic mass is 9.91. The van der Waals surface area contributed by atoms with Gasteiger partial charge in [-0.3, -0.25) is 52.7 Å². The molecule has 0 radical (unpaired) electrons. The van der Waals surface area contributed by atoms with Crippen LogP contribution in [0.25, 0.3) is 0 Å². The van der Waals surface area contributed by atoms with E-state index in [9.17, 15) is 53.4 Å². The minimum absolute atomic E-state index is 0.113. The second-order valence-electron chi connectivity index (χ2n) is 26.4. The van der Waals surface area contributed by atoms with Crippen molar-refractivity contribution in [2.45, 2.75) is 222 Å². The molecule has 11 amide bonds. The normalized spacial score (nSPS) is 27.1. The number of hydrogen-bond donors (Lipinski definition) is 6. The molecule has 0 bridgehead atoms.